The molecule has 0 aromatic heterocycles. The van der Waals surface area contributed by atoms with Crippen molar-refractivity contribution in [3.8, 4) is 0 Å². The first-order chi connectivity index (χ1) is 7.49. The van der Waals surface area contributed by atoms with Crippen LogP contribution in [0, 0.1) is 5.92 Å². The third-order valence-electron chi connectivity index (χ3n) is 2.28. The van der Waals surface area contributed by atoms with E-state index in [0.717, 1.165) is 12.8 Å². The first-order valence-electron chi connectivity index (χ1n) is 5.12. The number of hydrogen-bond acceptors (Lipinski definition) is 5. The normalized spacial score (nSPS) is 11.9. The van der Waals surface area contributed by atoms with Crippen molar-refractivity contribution < 1.29 is 19.2 Å². The van der Waals surface area contributed by atoms with Crippen LogP contribution in [0.2, 0.25) is 0 Å². The molecule has 1 atom stereocenters. The zero-order valence-electron chi connectivity index (χ0n) is 9.20. The lowest BCUT2D eigenvalue weighted by Crippen LogP contribution is -2.18. The second-order valence-corrected chi connectivity index (χ2v) is 4.61. The van der Waals surface area contributed by atoms with Crippen LogP contribution in [0.1, 0.15) is 39.0 Å². The fourth-order valence-corrected chi connectivity index (χ4v) is 1.51. The van der Waals surface area contributed by atoms with Crippen LogP contribution in [-0.4, -0.2) is 15.5 Å². The van der Waals surface area contributed by atoms with E-state index in [1.165, 1.54) is 22.6 Å². The highest BCUT2D eigenvalue weighted by Gasteiger charge is 2.13. The molecule has 0 aromatic carbocycles. The maximum Gasteiger partial charge on any atom is 0.327 e. The van der Waals surface area contributed by atoms with Gasteiger partial charge in [-0.2, -0.15) is 5.90 Å². The predicted octanol–water partition coefficient (Wildman–Crippen LogP) is 1.52. The number of halogens is 1. The summed E-state index contributed by atoms with van der Waals surface area (Å²) in [5.41, 5.74) is 0. The molecule has 0 saturated carbocycles. The Kier molecular flexibility index (Phi) is 8.36. The van der Waals surface area contributed by atoms with Gasteiger partial charge in [0.2, 0.25) is 5.78 Å². The fraction of sp³-hybridized carbons (Fsp3) is 0.700. The van der Waals surface area contributed by atoms with E-state index >= 15 is 0 Å². The molecule has 92 valence electrons. The summed E-state index contributed by atoms with van der Waals surface area (Å²) in [6, 6.07) is 0. The minimum Gasteiger partial charge on any atom is -0.373 e. The molecule has 6 heteroatoms. The van der Waals surface area contributed by atoms with Crippen LogP contribution in [0.15, 0.2) is 0 Å². The van der Waals surface area contributed by atoms with E-state index in [1.807, 2.05) is 0 Å². The summed E-state index contributed by atoms with van der Waals surface area (Å²) in [7, 11) is 0. The third kappa shape index (κ3) is 6.89. The third-order valence-corrected chi connectivity index (χ3v) is 2.88. The van der Waals surface area contributed by atoms with Crippen molar-refractivity contribution in [2.75, 3.05) is 0 Å². The van der Waals surface area contributed by atoms with Crippen molar-refractivity contribution in [3.63, 3.8) is 0 Å². The van der Waals surface area contributed by atoms with Crippen LogP contribution in [0.3, 0.4) is 0 Å². The second kappa shape index (κ2) is 8.63. The summed E-state index contributed by atoms with van der Waals surface area (Å²) in [5.74, 6) is 3.77. The van der Waals surface area contributed by atoms with E-state index in [1.54, 1.807) is 6.92 Å². The predicted molar refractivity (Wildman–Crippen MR) is 66.6 cm³/mol. The summed E-state index contributed by atoms with van der Waals surface area (Å²) in [5, 5.41) is 0. The van der Waals surface area contributed by atoms with Crippen molar-refractivity contribution in [2.45, 2.75) is 39.0 Å². The fourth-order valence-electron chi connectivity index (χ4n) is 1.25. The first kappa shape index (κ1) is 15.5. The molecule has 0 fully saturated rings. The molecule has 0 rings (SSSR count). The largest absolute Gasteiger partial charge is 0.373 e. The van der Waals surface area contributed by atoms with Crippen molar-refractivity contribution in [1.29, 1.82) is 0 Å². The molecule has 2 N–H and O–H groups in total. The molecule has 0 amide bonds. The van der Waals surface area contributed by atoms with Crippen molar-refractivity contribution in [3.05, 3.63) is 0 Å². The topological polar surface area (TPSA) is 86.5 Å². The highest BCUT2D eigenvalue weighted by Crippen LogP contribution is 2.12. The van der Waals surface area contributed by atoms with Crippen LogP contribution < -0.4 is 5.90 Å². The number of ketones is 1. The smallest absolute Gasteiger partial charge is 0.327 e. The van der Waals surface area contributed by atoms with Crippen LogP contribution >= 0.6 is 22.6 Å². The van der Waals surface area contributed by atoms with Gasteiger partial charge in [0.15, 0.2) is 0 Å². The molecular weight excluding hydrogens is 325 g/mol. The highest BCUT2D eigenvalue weighted by atomic mass is 127. The highest BCUT2D eigenvalue weighted by molar-refractivity contribution is 14.1. The Morgan fingerprint density at radius 1 is 1.25 bits per heavy atom. The molecule has 0 saturated heterocycles. The molecule has 0 bridgehead atoms. The van der Waals surface area contributed by atoms with Gasteiger partial charge in [0.25, 0.3) is 3.79 Å². The van der Waals surface area contributed by atoms with Gasteiger partial charge in [-0.1, -0.05) is 19.8 Å². The molecule has 0 spiro atoms. The second-order valence-electron chi connectivity index (χ2n) is 3.63. The van der Waals surface area contributed by atoms with Gasteiger partial charge in [0.1, 0.15) is 0 Å². The number of rotatable bonds is 8. The van der Waals surface area contributed by atoms with Gasteiger partial charge < -0.3 is 4.84 Å². The number of unbranched alkanes of at least 4 members (excludes halogenated alkanes) is 2. The first-order valence-corrected chi connectivity index (χ1v) is 6.20. The van der Waals surface area contributed by atoms with E-state index < -0.39 is 9.76 Å². The Hall–Kier alpha value is -0.500. The molecule has 0 aliphatic heterocycles. The molecular formula is C10H16INO4. The van der Waals surface area contributed by atoms with Crippen LogP contribution in [0.5, 0.6) is 0 Å². The van der Waals surface area contributed by atoms with Crippen molar-refractivity contribution in [2.24, 2.45) is 11.8 Å². The van der Waals surface area contributed by atoms with Crippen molar-refractivity contribution in [1.82, 2.24) is 0 Å². The molecule has 0 aliphatic rings. The Balaban J connectivity index is 3.51. The van der Waals surface area contributed by atoms with E-state index in [4.69, 9.17) is 5.90 Å². The maximum atomic E-state index is 10.9. The van der Waals surface area contributed by atoms with Gasteiger partial charge in [0, 0.05) is 29.0 Å². The number of nitrogens with two attached hydrogens (primary N) is 1. The zero-order valence-corrected chi connectivity index (χ0v) is 11.4. The van der Waals surface area contributed by atoms with Gasteiger partial charge >= 0.3 is 5.97 Å². The van der Waals surface area contributed by atoms with Gasteiger partial charge in [-0.15, -0.1) is 0 Å². The lowest BCUT2D eigenvalue weighted by molar-refractivity contribution is -0.148. The van der Waals surface area contributed by atoms with Gasteiger partial charge in [0.05, 0.1) is 5.92 Å². The minimum absolute atomic E-state index is 0.216. The molecule has 0 radical (unpaired) electrons. The number of hydrogen-bond donors (Lipinski definition) is 1. The van der Waals surface area contributed by atoms with Crippen LogP contribution in [0.25, 0.3) is 0 Å². The average Bonchev–Trinajstić information content (AvgIpc) is 2.26. The van der Waals surface area contributed by atoms with Gasteiger partial charge in [-0.05, 0) is 12.8 Å². The standard InChI is InChI=1S/C10H16INO4/c1-7(10(15)16-12)5-3-2-4-6-8(13)9(11)14/h7H,2-6,12H2,1H3/t7-/m0/s1. The summed E-state index contributed by atoms with van der Waals surface area (Å²) in [6.07, 6.45) is 3.29. The van der Waals surface area contributed by atoms with E-state index in [9.17, 15) is 14.4 Å². The summed E-state index contributed by atoms with van der Waals surface area (Å²) in [6.45, 7) is 1.74. The summed E-state index contributed by atoms with van der Waals surface area (Å²) < 4.78 is -0.419. The van der Waals surface area contributed by atoms with Crippen LogP contribution in [0.4, 0.5) is 0 Å². The zero-order chi connectivity index (χ0) is 12.6. The number of carbonyl (C=O) groups excluding carboxylic acids is 3. The van der Waals surface area contributed by atoms with Crippen molar-refractivity contribution >= 4 is 38.1 Å². The molecule has 0 aliphatic carbocycles. The minimum atomic E-state index is -0.419. The SMILES string of the molecule is C[C@@H](CCCCCC(=O)C(=O)I)C(=O)ON. The Morgan fingerprint density at radius 3 is 2.38 bits per heavy atom. The number of Topliss-reactive ketones (excluding diaryl/α,β-unsaturated/α-hetero) is 1. The molecule has 5 nitrogen and oxygen atoms in total. The van der Waals surface area contributed by atoms with Gasteiger partial charge in [-0.3, -0.25) is 14.4 Å². The molecule has 0 aromatic rings. The Morgan fingerprint density at radius 2 is 1.88 bits per heavy atom. The van der Waals surface area contributed by atoms with E-state index in [2.05, 4.69) is 4.84 Å². The summed E-state index contributed by atoms with van der Waals surface area (Å²) >= 11 is 1.49. The lowest BCUT2D eigenvalue weighted by atomic mass is 10.0. The van der Waals surface area contributed by atoms with Gasteiger partial charge in [-0.25, -0.2) is 0 Å². The number of carbonyl (C=O) groups is 3. The molecule has 0 unspecified atom stereocenters. The van der Waals surface area contributed by atoms with Crippen LogP contribution in [-0.2, 0) is 19.2 Å². The average molecular weight is 341 g/mol. The van der Waals surface area contributed by atoms with E-state index in [-0.39, 0.29) is 18.1 Å². The monoisotopic (exact) mass is 341 g/mol. The quantitative estimate of drug-likeness (QED) is 0.238. The molecule has 16 heavy (non-hydrogen) atoms. The molecule has 0 heterocycles. The Bertz CT molecular complexity index is 268. The van der Waals surface area contributed by atoms with E-state index in [0.29, 0.717) is 12.8 Å². The maximum absolute atomic E-state index is 10.9. The summed E-state index contributed by atoms with van der Waals surface area (Å²) in [4.78, 5) is 36.6. The lowest BCUT2D eigenvalue weighted by Gasteiger charge is -2.07. The Labute approximate surface area is 108 Å².